The van der Waals surface area contributed by atoms with Gasteiger partial charge < -0.3 is 10.2 Å². The van der Waals surface area contributed by atoms with E-state index in [1.807, 2.05) is 70.2 Å². The van der Waals surface area contributed by atoms with Gasteiger partial charge in [0.1, 0.15) is 12.6 Å². The molecule has 0 saturated heterocycles. The van der Waals surface area contributed by atoms with E-state index in [2.05, 4.69) is 5.32 Å². The van der Waals surface area contributed by atoms with Gasteiger partial charge in [-0.05, 0) is 36.0 Å². The van der Waals surface area contributed by atoms with Gasteiger partial charge in [0.05, 0.1) is 11.9 Å². The van der Waals surface area contributed by atoms with Crippen LogP contribution in [0, 0.1) is 5.92 Å². The second kappa shape index (κ2) is 12.0. The summed E-state index contributed by atoms with van der Waals surface area (Å²) in [6.07, 6.45) is 1.09. The summed E-state index contributed by atoms with van der Waals surface area (Å²) < 4.78 is 26.7. The Morgan fingerprint density at radius 2 is 1.50 bits per heavy atom. The summed E-state index contributed by atoms with van der Waals surface area (Å²) in [6, 6.07) is 15.8. The topological polar surface area (TPSA) is 86.8 Å². The highest BCUT2D eigenvalue weighted by molar-refractivity contribution is 7.92. The minimum absolute atomic E-state index is 0.0664. The molecule has 34 heavy (non-hydrogen) atoms. The normalized spacial score (nSPS) is 12.5. The maximum absolute atomic E-state index is 13.6. The quantitative estimate of drug-likeness (QED) is 0.523. The van der Waals surface area contributed by atoms with Crippen LogP contribution in [-0.4, -0.2) is 50.5 Å². The van der Waals surface area contributed by atoms with E-state index in [1.165, 1.54) is 4.90 Å². The van der Waals surface area contributed by atoms with Crippen LogP contribution < -0.4 is 9.62 Å². The predicted molar refractivity (Wildman–Crippen MR) is 137 cm³/mol. The first kappa shape index (κ1) is 27.4. The van der Waals surface area contributed by atoms with Gasteiger partial charge in [-0.15, -0.1) is 0 Å². The maximum Gasteiger partial charge on any atom is 0.244 e. The monoisotopic (exact) mass is 487 g/mol. The molecule has 0 radical (unpaired) electrons. The van der Waals surface area contributed by atoms with Crippen molar-refractivity contribution in [3.63, 3.8) is 0 Å². The fraction of sp³-hybridized carbons (Fsp3) is 0.462. The molecule has 0 fully saturated rings. The van der Waals surface area contributed by atoms with Crippen molar-refractivity contribution in [2.24, 2.45) is 5.92 Å². The Balaban J connectivity index is 2.40. The molecule has 7 nitrogen and oxygen atoms in total. The Labute approximate surface area is 204 Å². The van der Waals surface area contributed by atoms with E-state index in [9.17, 15) is 18.0 Å². The standard InChI is InChI=1S/C26H37N3O4S/c1-19(2)16-27-26(31)21(5)28(17-22-12-8-7-9-13-22)25(30)18-29(34(6,32)33)24-15-11-10-14-23(24)20(3)4/h7-15,19-21H,16-18H2,1-6H3,(H,27,31)/t21-/m0/s1. The van der Waals surface area contributed by atoms with Crippen LogP contribution in [0.25, 0.3) is 0 Å². The number of rotatable bonds is 11. The molecule has 0 saturated carbocycles. The number of anilines is 1. The summed E-state index contributed by atoms with van der Waals surface area (Å²) in [5.74, 6) is -0.383. The zero-order chi connectivity index (χ0) is 25.5. The van der Waals surface area contributed by atoms with Gasteiger partial charge in [-0.1, -0.05) is 76.2 Å². The highest BCUT2D eigenvalue weighted by atomic mass is 32.2. The van der Waals surface area contributed by atoms with Gasteiger partial charge in [0, 0.05) is 13.1 Å². The molecule has 186 valence electrons. The highest BCUT2D eigenvalue weighted by Crippen LogP contribution is 2.29. The first-order chi connectivity index (χ1) is 15.9. The van der Waals surface area contributed by atoms with Crippen LogP contribution in [0.1, 0.15) is 51.7 Å². The van der Waals surface area contributed by atoms with Crippen molar-refractivity contribution in [3.05, 3.63) is 65.7 Å². The molecule has 0 aromatic heterocycles. The van der Waals surface area contributed by atoms with Crippen molar-refractivity contribution < 1.29 is 18.0 Å². The van der Waals surface area contributed by atoms with Gasteiger partial charge in [-0.25, -0.2) is 8.42 Å². The molecule has 8 heteroatoms. The minimum Gasteiger partial charge on any atom is -0.354 e. The van der Waals surface area contributed by atoms with Crippen LogP contribution in [0.15, 0.2) is 54.6 Å². The molecule has 2 aromatic carbocycles. The smallest absolute Gasteiger partial charge is 0.244 e. The molecule has 1 N–H and O–H groups in total. The van der Waals surface area contributed by atoms with Gasteiger partial charge in [0.15, 0.2) is 0 Å². The Morgan fingerprint density at radius 1 is 0.912 bits per heavy atom. The van der Waals surface area contributed by atoms with Crippen LogP contribution in [0.5, 0.6) is 0 Å². The molecule has 2 amide bonds. The van der Waals surface area contributed by atoms with Crippen LogP contribution in [0.4, 0.5) is 5.69 Å². The number of para-hydroxylation sites is 1. The zero-order valence-corrected chi connectivity index (χ0v) is 21.8. The average molecular weight is 488 g/mol. The fourth-order valence-corrected chi connectivity index (χ4v) is 4.48. The predicted octanol–water partition coefficient (Wildman–Crippen LogP) is 3.77. The van der Waals surface area contributed by atoms with Crippen molar-refractivity contribution in [2.45, 2.75) is 53.1 Å². The molecule has 1 atom stereocenters. The number of hydrogen-bond donors (Lipinski definition) is 1. The summed E-state index contributed by atoms with van der Waals surface area (Å²) in [4.78, 5) is 27.9. The molecule has 0 aliphatic rings. The Bertz CT molecular complexity index is 1070. The summed E-state index contributed by atoms with van der Waals surface area (Å²) in [7, 11) is -3.76. The SMILES string of the molecule is CC(C)CNC(=O)[C@H](C)N(Cc1ccccc1)C(=O)CN(c1ccccc1C(C)C)S(C)(=O)=O. The Hall–Kier alpha value is -2.87. The molecular weight excluding hydrogens is 450 g/mol. The number of carbonyl (C=O) groups excluding carboxylic acids is 2. The van der Waals surface area contributed by atoms with Crippen molar-refractivity contribution in [3.8, 4) is 0 Å². The lowest BCUT2D eigenvalue weighted by Gasteiger charge is -2.32. The molecule has 0 heterocycles. The third kappa shape index (κ3) is 7.58. The molecule has 0 unspecified atom stereocenters. The average Bonchev–Trinajstić information content (AvgIpc) is 2.78. The van der Waals surface area contributed by atoms with Gasteiger partial charge in [-0.2, -0.15) is 0 Å². The van der Waals surface area contributed by atoms with Crippen molar-refractivity contribution in [1.29, 1.82) is 0 Å². The van der Waals surface area contributed by atoms with E-state index in [0.29, 0.717) is 12.2 Å². The fourth-order valence-electron chi connectivity index (χ4n) is 3.61. The molecule has 0 aliphatic carbocycles. The first-order valence-corrected chi connectivity index (χ1v) is 13.4. The van der Waals surface area contributed by atoms with E-state index in [-0.39, 0.29) is 24.3 Å². The van der Waals surface area contributed by atoms with Crippen LogP contribution in [0.3, 0.4) is 0 Å². The second-order valence-electron chi connectivity index (χ2n) is 9.31. The van der Waals surface area contributed by atoms with Gasteiger partial charge in [0.25, 0.3) is 0 Å². The Kier molecular flexibility index (Phi) is 9.67. The number of amides is 2. The third-order valence-electron chi connectivity index (χ3n) is 5.55. The number of hydrogen-bond acceptors (Lipinski definition) is 4. The molecular formula is C26H37N3O4S. The number of nitrogens with zero attached hydrogens (tertiary/aromatic N) is 2. The van der Waals surface area contributed by atoms with Crippen molar-refractivity contribution in [1.82, 2.24) is 10.2 Å². The van der Waals surface area contributed by atoms with Crippen LogP contribution in [-0.2, 0) is 26.2 Å². The van der Waals surface area contributed by atoms with E-state index in [4.69, 9.17) is 0 Å². The summed E-state index contributed by atoms with van der Waals surface area (Å²) in [5, 5.41) is 2.88. The molecule has 0 bridgehead atoms. The molecule has 2 aromatic rings. The number of nitrogens with one attached hydrogen (secondary N) is 1. The van der Waals surface area contributed by atoms with Gasteiger partial charge in [-0.3, -0.25) is 13.9 Å². The van der Waals surface area contributed by atoms with Crippen molar-refractivity contribution >= 4 is 27.5 Å². The lowest BCUT2D eigenvalue weighted by molar-refractivity contribution is -0.139. The van der Waals surface area contributed by atoms with E-state index in [1.54, 1.807) is 19.1 Å². The van der Waals surface area contributed by atoms with E-state index >= 15 is 0 Å². The molecule has 2 rings (SSSR count). The first-order valence-electron chi connectivity index (χ1n) is 11.6. The zero-order valence-electron chi connectivity index (χ0n) is 21.0. The molecule has 0 aliphatic heterocycles. The highest BCUT2D eigenvalue weighted by Gasteiger charge is 2.31. The summed E-state index contributed by atoms with van der Waals surface area (Å²) >= 11 is 0. The maximum atomic E-state index is 13.6. The summed E-state index contributed by atoms with van der Waals surface area (Å²) in [5.41, 5.74) is 2.16. The summed E-state index contributed by atoms with van der Waals surface area (Å²) in [6.45, 7) is 9.91. The van der Waals surface area contributed by atoms with Gasteiger partial charge >= 0.3 is 0 Å². The largest absolute Gasteiger partial charge is 0.354 e. The number of carbonyl (C=O) groups is 2. The molecule has 0 spiro atoms. The number of sulfonamides is 1. The third-order valence-corrected chi connectivity index (χ3v) is 6.68. The van der Waals surface area contributed by atoms with E-state index < -0.39 is 28.5 Å². The Morgan fingerprint density at radius 3 is 2.06 bits per heavy atom. The van der Waals surface area contributed by atoms with Crippen LogP contribution in [0.2, 0.25) is 0 Å². The lowest BCUT2D eigenvalue weighted by Crippen LogP contribution is -2.51. The van der Waals surface area contributed by atoms with Gasteiger partial charge in [0.2, 0.25) is 21.8 Å². The lowest BCUT2D eigenvalue weighted by atomic mass is 10.0. The van der Waals surface area contributed by atoms with E-state index in [0.717, 1.165) is 21.7 Å². The van der Waals surface area contributed by atoms with Crippen LogP contribution >= 0.6 is 0 Å². The van der Waals surface area contributed by atoms with Crippen molar-refractivity contribution in [2.75, 3.05) is 23.7 Å². The minimum atomic E-state index is -3.76. The second-order valence-corrected chi connectivity index (χ2v) is 11.2. The number of benzene rings is 2.